The van der Waals surface area contributed by atoms with Crippen molar-refractivity contribution >= 4 is 17.5 Å². The van der Waals surface area contributed by atoms with Gasteiger partial charge in [-0.05, 0) is 12.8 Å². The molecule has 5 heteroatoms. The Morgan fingerprint density at radius 3 is 2.59 bits per heavy atom. The van der Waals surface area contributed by atoms with Crippen molar-refractivity contribution in [2.45, 2.75) is 38.1 Å². The van der Waals surface area contributed by atoms with E-state index in [1.54, 1.807) is 4.90 Å². The van der Waals surface area contributed by atoms with Gasteiger partial charge in [-0.15, -0.1) is 0 Å². The summed E-state index contributed by atoms with van der Waals surface area (Å²) in [5.41, 5.74) is 0.363. The highest BCUT2D eigenvalue weighted by molar-refractivity contribution is 6.29. The Morgan fingerprint density at radius 1 is 1.29 bits per heavy atom. The van der Waals surface area contributed by atoms with Gasteiger partial charge in [0, 0.05) is 13.1 Å². The Balaban J connectivity index is 2.05. The fraction of sp³-hybridized carbons (Fsp3) is 0.583. The van der Waals surface area contributed by atoms with Crippen molar-refractivity contribution in [2.24, 2.45) is 0 Å². The summed E-state index contributed by atoms with van der Waals surface area (Å²) >= 11 is 5.65. The van der Waals surface area contributed by atoms with Gasteiger partial charge in [0.25, 0.3) is 5.91 Å². The van der Waals surface area contributed by atoms with Crippen LogP contribution in [0.25, 0.3) is 0 Å². The Hall–Kier alpha value is -1.16. The number of hydrogen-bond acceptors (Lipinski definition) is 3. The van der Waals surface area contributed by atoms with Gasteiger partial charge in [-0.3, -0.25) is 4.79 Å². The maximum absolute atomic E-state index is 12.1. The molecule has 1 heterocycles. The van der Waals surface area contributed by atoms with Crippen molar-refractivity contribution in [3.8, 4) is 0 Å². The number of carbonyl (C=O) groups is 1. The largest absolute Gasteiger partial charge is 0.337 e. The minimum absolute atomic E-state index is 0.0685. The van der Waals surface area contributed by atoms with Crippen LogP contribution < -0.4 is 0 Å². The fourth-order valence-corrected chi connectivity index (χ4v) is 2.34. The van der Waals surface area contributed by atoms with Crippen molar-refractivity contribution in [2.75, 3.05) is 7.05 Å². The summed E-state index contributed by atoms with van der Waals surface area (Å²) in [6.45, 7) is 0. The first kappa shape index (κ1) is 12.3. The smallest absolute Gasteiger partial charge is 0.274 e. The van der Waals surface area contributed by atoms with Crippen LogP contribution in [0.4, 0.5) is 0 Å². The third-order valence-electron chi connectivity index (χ3n) is 3.28. The number of amides is 1. The molecule has 92 valence electrons. The molecule has 0 saturated heterocycles. The average Bonchev–Trinajstić information content (AvgIpc) is 2.39. The number of halogens is 1. The molecule has 1 aromatic heterocycles. The zero-order valence-electron chi connectivity index (χ0n) is 9.90. The van der Waals surface area contributed by atoms with Crippen LogP contribution in [0.15, 0.2) is 12.4 Å². The first-order chi connectivity index (χ1) is 8.18. The van der Waals surface area contributed by atoms with Crippen LogP contribution in [0, 0.1) is 0 Å². The first-order valence-corrected chi connectivity index (χ1v) is 6.31. The van der Waals surface area contributed by atoms with Crippen molar-refractivity contribution in [1.29, 1.82) is 0 Å². The van der Waals surface area contributed by atoms with Crippen molar-refractivity contribution < 1.29 is 4.79 Å². The second-order valence-corrected chi connectivity index (χ2v) is 4.82. The second kappa shape index (κ2) is 5.45. The lowest BCUT2D eigenvalue weighted by Gasteiger charge is -2.30. The minimum Gasteiger partial charge on any atom is -0.337 e. The van der Waals surface area contributed by atoms with Crippen LogP contribution in [0.1, 0.15) is 42.6 Å². The molecule has 1 aliphatic rings. The Morgan fingerprint density at radius 2 is 2.00 bits per heavy atom. The molecule has 0 unspecified atom stereocenters. The van der Waals surface area contributed by atoms with Gasteiger partial charge in [0.15, 0.2) is 0 Å². The summed E-state index contributed by atoms with van der Waals surface area (Å²) in [4.78, 5) is 21.8. The van der Waals surface area contributed by atoms with Gasteiger partial charge in [-0.2, -0.15) is 0 Å². The molecule has 0 atom stereocenters. The summed E-state index contributed by atoms with van der Waals surface area (Å²) in [6, 6.07) is 0.341. The average molecular weight is 254 g/mol. The SMILES string of the molecule is CN(C(=O)c1cnc(Cl)cn1)C1CCCCC1. The second-order valence-electron chi connectivity index (χ2n) is 4.43. The lowest BCUT2D eigenvalue weighted by atomic mass is 9.94. The number of hydrogen-bond donors (Lipinski definition) is 0. The van der Waals surface area contributed by atoms with E-state index in [2.05, 4.69) is 9.97 Å². The van der Waals surface area contributed by atoms with E-state index in [1.165, 1.54) is 31.7 Å². The standard InChI is InChI=1S/C12H16ClN3O/c1-16(9-5-3-2-4-6-9)12(17)10-7-15-11(13)8-14-10/h7-9H,2-6H2,1H3. The minimum atomic E-state index is -0.0685. The molecule has 1 fully saturated rings. The van der Waals surface area contributed by atoms with Crippen LogP contribution in [0.5, 0.6) is 0 Å². The maximum atomic E-state index is 12.1. The van der Waals surface area contributed by atoms with E-state index in [4.69, 9.17) is 11.6 Å². The zero-order valence-corrected chi connectivity index (χ0v) is 10.7. The van der Waals surface area contributed by atoms with E-state index < -0.39 is 0 Å². The molecule has 1 amide bonds. The van der Waals surface area contributed by atoms with E-state index in [1.807, 2.05) is 7.05 Å². The predicted octanol–water partition coefficient (Wildman–Crippen LogP) is 2.53. The van der Waals surface area contributed by atoms with Crippen LogP contribution in [-0.4, -0.2) is 33.9 Å². The lowest BCUT2D eigenvalue weighted by molar-refractivity contribution is 0.0690. The molecule has 2 rings (SSSR count). The lowest BCUT2D eigenvalue weighted by Crippen LogP contribution is -2.38. The molecule has 0 aromatic carbocycles. The van der Waals surface area contributed by atoms with E-state index in [9.17, 15) is 4.79 Å². The van der Waals surface area contributed by atoms with Crippen LogP contribution in [0.2, 0.25) is 5.15 Å². The highest BCUT2D eigenvalue weighted by Crippen LogP contribution is 2.22. The third-order valence-corrected chi connectivity index (χ3v) is 3.48. The molecule has 1 aromatic rings. The molecule has 0 bridgehead atoms. The molecule has 1 saturated carbocycles. The summed E-state index contributed by atoms with van der Waals surface area (Å²) in [7, 11) is 1.84. The molecule has 0 radical (unpaired) electrons. The van der Waals surface area contributed by atoms with Gasteiger partial charge in [0.1, 0.15) is 10.8 Å². The molecule has 1 aliphatic carbocycles. The summed E-state index contributed by atoms with van der Waals surface area (Å²) < 4.78 is 0. The molecule has 17 heavy (non-hydrogen) atoms. The van der Waals surface area contributed by atoms with Crippen molar-refractivity contribution in [1.82, 2.24) is 14.9 Å². The van der Waals surface area contributed by atoms with Gasteiger partial charge in [0.2, 0.25) is 0 Å². The summed E-state index contributed by atoms with van der Waals surface area (Å²) in [6.07, 6.45) is 8.70. The Kier molecular flexibility index (Phi) is 3.94. The summed E-state index contributed by atoms with van der Waals surface area (Å²) in [5, 5.41) is 0.307. The molecule has 0 aliphatic heterocycles. The number of nitrogens with zero attached hydrogens (tertiary/aromatic N) is 3. The van der Waals surface area contributed by atoms with Crippen molar-refractivity contribution in [3.63, 3.8) is 0 Å². The van der Waals surface area contributed by atoms with E-state index in [-0.39, 0.29) is 5.91 Å². The molecule has 0 N–H and O–H groups in total. The number of carbonyl (C=O) groups excluding carboxylic acids is 1. The van der Waals surface area contributed by atoms with Crippen LogP contribution >= 0.6 is 11.6 Å². The Bertz CT molecular complexity index is 387. The molecular formula is C12H16ClN3O. The Labute approximate surface area is 106 Å². The van der Waals surface area contributed by atoms with Gasteiger partial charge in [0.05, 0.1) is 12.4 Å². The van der Waals surface area contributed by atoms with Gasteiger partial charge in [-0.25, -0.2) is 9.97 Å². The normalized spacial score (nSPS) is 16.8. The van der Waals surface area contributed by atoms with E-state index >= 15 is 0 Å². The van der Waals surface area contributed by atoms with Gasteiger partial charge >= 0.3 is 0 Å². The maximum Gasteiger partial charge on any atom is 0.274 e. The number of rotatable bonds is 2. The zero-order chi connectivity index (χ0) is 12.3. The predicted molar refractivity (Wildman–Crippen MR) is 66.0 cm³/mol. The molecule has 4 nitrogen and oxygen atoms in total. The van der Waals surface area contributed by atoms with E-state index in [0.29, 0.717) is 16.9 Å². The molecule has 0 spiro atoms. The number of aromatic nitrogens is 2. The van der Waals surface area contributed by atoms with Crippen LogP contribution in [-0.2, 0) is 0 Å². The highest BCUT2D eigenvalue weighted by Gasteiger charge is 2.23. The van der Waals surface area contributed by atoms with Crippen molar-refractivity contribution in [3.05, 3.63) is 23.2 Å². The monoisotopic (exact) mass is 253 g/mol. The quantitative estimate of drug-likeness (QED) is 0.814. The summed E-state index contributed by atoms with van der Waals surface area (Å²) in [5.74, 6) is -0.0685. The van der Waals surface area contributed by atoms with Gasteiger partial charge < -0.3 is 4.90 Å². The van der Waals surface area contributed by atoms with E-state index in [0.717, 1.165) is 12.8 Å². The van der Waals surface area contributed by atoms with Gasteiger partial charge in [-0.1, -0.05) is 30.9 Å². The molecular weight excluding hydrogens is 238 g/mol. The highest BCUT2D eigenvalue weighted by atomic mass is 35.5. The topological polar surface area (TPSA) is 46.1 Å². The third kappa shape index (κ3) is 2.94. The first-order valence-electron chi connectivity index (χ1n) is 5.93. The van der Waals surface area contributed by atoms with Crippen LogP contribution in [0.3, 0.4) is 0 Å². The fourth-order valence-electron chi connectivity index (χ4n) is 2.24.